The van der Waals surface area contributed by atoms with E-state index in [2.05, 4.69) is 13.2 Å². The molecule has 3 aromatic carbocycles. The van der Waals surface area contributed by atoms with Crippen LogP contribution in [0.2, 0.25) is 0 Å². The monoisotopic (exact) mass is 510 g/mol. The minimum Gasteiger partial charge on any atom is -0.426 e. The molecule has 6 heteroatoms. The number of carbonyl (C=O) groups excluding carboxylic acids is 3. The van der Waals surface area contributed by atoms with Crippen LogP contribution in [0.3, 0.4) is 0 Å². The van der Waals surface area contributed by atoms with Crippen LogP contribution in [-0.2, 0) is 14.4 Å². The van der Waals surface area contributed by atoms with E-state index in [0.717, 1.165) is 16.7 Å². The van der Waals surface area contributed by atoms with Crippen molar-refractivity contribution >= 4 is 30.1 Å². The second-order valence-corrected chi connectivity index (χ2v) is 9.10. The van der Waals surface area contributed by atoms with E-state index in [4.69, 9.17) is 14.2 Å². The largest absolute Gasteiger partial charge is 0.426 e. The van der Waals surface area contributed by atoms with Crippen LogP contribution in [0, 0.1) is 5.92 Å². The van der Waals surface area contributed by atoms with Gasteiger partial charge in [-0.25, -0.2) is 9.59 Å². The lowest BCUT2D eigenvalue weighted by molar-refractivity contribution is -0.137. The molecule has 38 heavy (non-hydrogen) atoms. The van der Waals surface area contributed by atoms with Crippen LogP contribution in [-0.4, -0.2) is 17.9 Å². The summed E-state index contributed by atoms with van der Waals surface area (Å²) in [5, 5.41) is 0. The van der Waals surface area contributed by atoms with Gasteiger partial charge in [0.2, 0.25) is 0 Å². The van der Waals surface area contributed by atoms with Gasteiger partial charge in [0.05, 0.1) is 5.92 Å². The molecule has 194 valence electrons. The number of benzene rings is 3. The second kappa shape index (κ2) is 12.5. The molecule has 0 aromatic heterocycles. The quantitative estimate of drug-likeness (QED) is 0.133. The zero-order valence-corrected chi connectivity index (χ0v) is 21.9. The van der Waals surface area contributed by atoms with Gasteiger partial charge >= 0.3 is 17.9 Å². The summed E-state index contributed by atoms with van der Waals surface area (Å²) in [4.78, 5) is 35.9. The molecule has 3 aromatic rings. The lowest BCUT2D eigenvalue weighted by Crippen LogP contribution is -2.14. The van der Waals surface area contributed by atoms with Crippen molar-refractivity contribution in [2.24, 2.45) is 5.92 Å². The molecular weight excluding hydrogens is 480 g/mol. The van der Waals surface area contributed by atoms with E-state index in [1.165, 1.54) is 0 Å². The highest BCUT2D eigenvalue weighted by atomic mass is 16.5. The highest BCUT2D eigenvalue weighted by molar-refractivity contribution is 5.91. The Bertz CT molecular complexity index is 1390. The summed E-state index contributed by atoms with van der Waals surface area (Å²) in [7, 11) is 0. The molecule has 0 saturated carbocycles. The standard InChI is InChI=1S/C32H30O6/c1-20(2)30(33)36-26-14-9-23(10-15-26)7-8-24-11-18-28(29(19-24)38-32(35)22(5)6)25-12-16-27(17-13-25)37-31(34)21(3)4/h7-19,21H,1,5H2,2-4,6H3/b8-7+. The molecule has 0 saturated heterocycles. The summed E-state index contributed by atoms with van der Waals surface area (Å²) < 4.78 is 16.2. The fourth-order valence-corrected chi connectivity index (χ4v) is 3.12. The Morgan fingerprint density at radius 1 is 0.684 bits per heavy atom. The summed E-state index contributed by atoms with van der Waals surface area (Å²) in [5.41, 5.74) is 3.78. The third-order valence-corrected chi connectivity index (χ3v) is 5.32. The Morgan fingerprint density at radius 3 is 1.76 bits per heavy atom. The summed E-state index contributed by atoms with van der Waals surface area (Å²) >= 11 is 0. The predicted octanol–water partition coefficient (Wildman–Crippen LogP) is 7.05. The van der Waals surface area contributed by atoms with Gasteiger partial charge in [-0.2, -0.15) is 0 Å². The molecule has 0 unspecified atom stereocenters. The van der Waals surface area contributed by atoms with Crippen molar-refractivity contribution in [3.05, 3.63) is 102 Å². The SMILES string of the molecule is C=C(C)C(=O)Oc1ccc(/C=C/c2ccc(-c3ccc(OC(=O)C(C)C)cc3)c(OC(=O)C(=C)C)c2)cc1. The fraction of sp³-hybridized carbons (Fsp3) is 0.156. The molecule has 3 rings (SSSR count). The minimum atomic E-state index is -0.533. The van der Waals surface area contributed by atoms with E-state index in [-0.39, 0.29) is 17.5 Å². The van der Waals surface area contributed by atoms with Gasteiger partial charge in [0, 0.05) is 16.7 Å². The number of rotatable bonds is 9. The summed E-state index contributed by atoms with van der Waals surface area (Å²) in [6.45, 7) is 14.0. The number of ether oxygens (including phenoxy) is 3. The van der Waals surface area contributed by atoms with Crippen LogP contribution in [0.1, 0.15) is 38.8 Å². The number of esters is 3. The minimum absolute atomic E-state index is 0.236. The number of hydrogen-bond donors (Lipinski definition) is 0. The summed E-state index contributed by atoms with van der Waals surface area (Å²) in [5.74, 6) is -0.320. The van der Waals surface area contributed by atoms with Crippen LogP contribution >= 0.6 is 0 Å². The molecule has 0 atom stereocenters. The van der Waals surface area contributed by atoms with Crippen molar-refractivity contribution in [3.63, 3.8) is 0 Å². The Hall–Kier alpha value is -4.71. The van der Waals surface area contributed by atoms with Gasteiger partial charge in [-0.15, -0.1) is 0 Å². The van der Waals surface area contributed by atoms with E-state index < -0.39 is 11.9 Å². The van der Waals surface area contributed by atoms with E-state index in [1.54, 1.807) is 70.2 Å². The lowest BCUT2D eigenvalue weighted by atomic mass is 10.0. The average Bonchev–Trinajstić information content (AvgIpc) is 2.88. The maximum Gasteiger partial charge on any atom is 0.338 e. The van der Waals surface area contributed by atoms with Crippen LogP contribution in [0.5, 0.6) is 17.2 Å². The predicted molar refractivity (Wildman–Crippen MR) is 149 cm³/mol. The molecule has 0 heterocycles. The first-order valence-electron chi connectivity index (χ1n) is 12.0. The van der Waals surface area contributed by atoms with Crippen LogP contribution in [0.25, 0.3) is 23.3 Å². The van der Waals surface area contributed by atoms with Crippen LogP contribution in [0.4, 0.5) is 0 Å². The number of carbonyl (C=O) groups is 3. The average molecular weight is 511 g/mol. The normalized spacial score (nSPS) is 10.8. The Balaban J connectivity index is 1.85. The van der Waals surface area contributed by atoms with Crippen molar-refractivity contribution in [1.29, 1.82) is 0 Å². The van der Waals surface area contributed by atoms with Gasteiger partial charge in [0.1, 0.15) is 17.2 Å². The maximum absolute atomic E-state index is 12.3. The third kappa shape index (κ3) is 7.64. The molecule has 0 aliphatic rings. The zero-order chi connectivity index (χ0) is 27.8. The number of hydrogen-bond acceptors (Lipinski definition) is 6. The second-order valence-electron chi connectivity index (χ2n) is 9.10. The molecule has 0 radical (unpaired) electrons. The first-order valence-corrected chi connectivity index (χ1v) is 12.0. The molecular formula is C32H30O6. The molecule has 0 N–H and O–H groups in total. The first-order chi connectivity index (χ1) is 18.0. The molecule has 0 fully saturated rings. The maximum atomic E-state index is 12.3. The van der Waals surface area contributed by atoms with Crippen LogP contribution in [0.15, 0.2) is 91.0 Å². The van der Waals surface area contributed by atoms with E-state index >= 15 is 0 Å². The topological polar surface area (TPSA) is 78.9 Å². The first kappa shape index (κ1) is 27.9. The summed E-state index contributed by atoms with van der Waals surface area (Å²) in [6, 6.07) is 19.6. The smallest absolute Gasteiger partial charge is 0.338 e. The third-order valence-electron chi connectivity index (χ3n) is 5.32. The van der Waals surface area contributed by atoms with Gasteiger partial charge in [-0.1, -0.05) is 75.6 Å². The zero-order valence-electron chi connectivity index (χ0n) is 21.9. The summed E-state index contributed by atoms with van der Waals surface area (Å²) in [6.07, 6.45) is 3.77. The van der Waals surface area contributed by atoms with Crippen molar-refractivity contribution in [1.82, 2.24) is 0 Å². The highest BCUT2D eigenvalue weighted by Crippen LogP contribution is 2.33. The molecule has 0 aliphatic heterocycles. The van der Waals surface area contributed by atoms with E-state index in [0.29, 0.717) is 28.4 Å². The molecule has 0 aliphatic carbocycles. The van der Waals surface area contributed by atoms with Crippen LogP contribution < -0.4 is 14.2 Å². The van der Waals surface area contributed by atoms with Gasteiger partial charge in [-0.3, -0.25) is 4.79 Å². The van der Waals surface area contributed by atoms with Gasteiger partial charge in [0.15, 0.2) is 0 Å². The molecule has 0 bridgehead atoms. The fourth-order valence-electron chi connectivity index (χ4n) is 3.12. The molecule has 6 nitrogen and oxygen atoms in total. The van der Waals surface area contributed by atoms with Crippen molar-refractivity contribution < 1.29 is 28.6 Å². The van der Waals surface area contributed by atoms with Crippen molar-refractivity contribution in [2.45, 2.75) is 27.7 Å². The van der Waals surface area contributed by atoms with Gasteiger partial charge in [0.25, 0.3) is 0 Å². The van der Waals surface area contributed by atoms with Gasteiger partial charge in [-0.05, 0) is 60.9 Å². The highest BCUT2D eigenvalue weighted by Gasteiger charge is 2.14. The van der Waals surface area contributed by atoms with Crippen molar-refractivity contribution in [2.75, 3.05) is 0 Å². The molecule has 0 spiro atoms. The van der Waals surface area contributed by atoms with E-state index in [9.17, 15) is 14.4 Å². The molecule has 0 amide bonds. The Kier molecular flexibility index (Phi) is 9.17. The van der Waals surface area contributed by atoms with Crippen molar-refractivity contribution in [3.8, 4) is 28.4 Å². The van der Waals surface area contributed by atoms with Gasteiger partial charge < -0.3 is 14.2 Å². The Morgan fingerprint density at radius 2 is 1.18 bits per heavy atom. The van der Waals surface area contributed by atoms with E-state index in [1.807, 2.05) is 36.4 Å². The Labute approximate surface area is 222 Å². The lowest BCUT2D eigenvalue weighted by Gasteiger charge is -2.12.